The van der Waals surface area contributed by atoms with Crippen molar-refractivity contribution >= 4 is 5.97 Å². The Morgan fingerprint density at radius 3 is 3.07 bits per heavy atom. The topological polar surface area (TPSA) is 58.6 Å². The van der Waals surface area contributed by atoms with Crippen LogP contribution in [0.25, 0.3) is 0 Å². The number of hydrogen-bond donors (Lipinski definition) is 2. The highest BCUT2D eigenvalue weighted by Crippen LogP contribution is 2.21. The predicted octanol–water partition coefficient (Wildman–Crippen LogP) is 0.579. The van der Waals surface area contributed by atoms with Crippen molar-refractivity contribution in [3.8, 4) is 5.75 Å². The molecule has 2 rings (SSSR count). The Morgan fingerprint density at radius 1 is 1.53 bits per heavy atom. The molecule has 1 heterocycles. The SMILES string of the molecule is COC(=O)[C@@H]1Cc2cc(O)ccc2CN1. The van der Waals surface area contributed by atoms with E-state index < -0.39 is 0 Å². The fourth-order valence-electron chi connectivity index (χ4n) is 1.81. The molecule has 0 fully saturated rings. The highest BCUT2D eigenvalue weighted by atomic mass is 16.5. The molecule has 0 amide bonds. The van der Waals surface area contributed by atoms with Gasteiger partial charge in [-0.05, 0) is 29.7 Å². The van der Waals surface area contributed by atoms with E-state index in [-0.39, 0.29) is 17.8 Å². The van der Waals surface area contributed by atoms with E-state index in [2.05, 4.69) is 10.1 Å². The summed E-state index contributed by atoms with van der Waals surface area (Å²) >= 11 is 0. The summed E-state index contributed by atoms with van der Waals surface area (Å²) in [4.78, 5) is 11.3. The number of esters is 1. The Kier molecular flexibility index (Phi) is 2.60. The summed E-state index contributed by atoms with van der Waals surface area (Å²) in [6, 6.07) is 4.92. The second-order valence-electron chi connectivity index (χ2n) is 3.61. The van der Waals surface area contributed by atoms with Gasteiger partial charge in [-0.25, -0.2) is 0 Å². The normalized spacial score (nSPS) is 19.4. The van der Waals surface area contributed by atoms with Crippen LogP contribution in [0.5, 0.6) is 5.75 Å². The third kappa shape index (κ3) is 1.94. The lowest BCUT2D eigenvalue weighted by Crippen LogP contribution is -2.42. The Labute approximate surface area is 87.9 Å². The average molecular weight is 207 g/mol. The van der Waals surface area contributed by atoms with Crippen molar-refractivity contribution in [2.75, 3.05) is 7.11 Å². The summed E-state index contributed by atoms with van der Waals surface area (Å²) in [7, 11) is 1.38. The third-order valence-corrected chi connectivity index (χ3v) is 2.64. The molecular weight excluding hydrogens is 194 g/mol. The van der Waals surface area contributed by atoms with Crippen molar-refractivity contribution < 1.29 is 14.6 Å². The summed E-state index contributed by atoms with van der Waals surface area (Å²) < 4.78 is 4.67. The number of carbonyl (C=O) groups is 1. The molecule has 0 radical (unpaired) electrons. The van der Waals surface area contributed by atoms with Gasteiger partial charge in [-0.15, -0.1) is 0 Å². The summed E-state index contributed by atoms with van der Waals surface area (Å²) in [5, 5.41) is 12.4. The van der Waals surface area contributed by atoms with E-state index in [0.717, 1.165) is 11.1 Å². The summed E-state index contributed by atoms with van der Waals surface area (Å²) in [6.45, 7) is 0.634. The van der Waals surface area contributed by atoms with Crippen molar-refractivity contribution in [1.29, 1.82) is 0 Å². The van der Waals surface area contributed by atoms with E-state index in [0.29, 0.717) is 13.0 Å². The van der Waals surface area contributed by atoms with Crippen molar-refractivity contribution in [1.82, 2.24) is 5.32 Å². The van der Waals surface area contributed by atoms with Crippen molar-refractivity contribution in [2.24, 2.45) is 0 Å². The van der Waals surface area contributed by atoms with Gasteiger partial charge in [0, 0.05) is 6.54 Å². The molecule has 0 aromatic heterocycles. The number of rotatable bonds is 1. The predicted molar refractivity (Wildman–Crippen MR) is 54.5 cm³/mol. The lowest BCUT2D eigenvalue weighted by Gasteiger charge is -2.24. The van der Waals surface area contributed by atoms with Gasteiger partial charge in [0.1, 0.15) is 11.8 Å². The van der Waals surface area contributed by atoms with Crippen LogP contribution in [0.1, 0.15) is 11.1 Å². The maximum Gasteiger partial charge on any atom is 0.323 e. The zero-order valence-electron chi connectivity index (χ0n) is 8.49. The van der Waals surface area contributed by atoms with Gasteiger partial charge in [-0.1, -0.05) is 6.07 Å². The number of methoxy groups -OCH3 is 1. The van der Waals surface area contributed by atoms with Gasteiger partial charge in [-0.3, -0.25) is 4.79 Å². The number of carbonyl (C=O) groups excluding carboxylic acids is 1. The molecule has 0 unspecified atom stereocenters. The van der Waals surface area contributed by atoms with Crippen LogP contribution in [-0.4, -0.2) is 24.2 Å². The fourth-order valence-corrected chi connectivity index (χ4v) is 1.81. The quantitative estimate of drug-likeness (QED) is 0.661. The van der Waals surface area contributed by atoms with E-state index >= 15 is 0 Å². The number of benzene rings is 1. The minimum Gasteiger partial charge on any atom is -0.508 e. The van der Waals surface area contributed by atoms with Gasteiger partial charge in [0.25, 0.3) is 0 Å². The fraction of sp³-hybridized carbons (Fsp3) is 0.364. The van der Waals surface area contributed by atoms with Gasteiger partial charge < -0.3 is 15.2 Å². The van der Waals surface area contributed by atoms with E-state index in [1.807, 2.05) is 6.07 Å². The average Bonchev–Trinajstić information content (AvgIpc) is 2.27. The second-order valence-corrected chi connectivity index (χ2v) is 3.61. The number of ether oxygens (including phenoxy) is 1. The minimum absolute atomic E-state index is 0.235. The van der Waals surface area contributed by atoms with Crippen molar-refractivity contribution in [3.05, 3.63) is 29.3 Å². The Balaban J connectivity index is 2.22. The number of hydrogen-bond acceptors (Lipinski definition) is 4. The van der Waals surface area contributed by atoms with Crippen molar-refractivity contribution in [2.45, 2.75) is 19.0 Å². The van der Waals surface area contributed by atoms with Crippen LogP contribution < -0.4 is 5.32 Å². The number of phenolic OH excluding ortho intramolecular Hbond substituents is 1. The zero-order chi connectivity index (χ0) is 10.8. The molecule has 0 spiro atoms. The first-order valence-electron chi connectivity index (χ1n) is 4.82. The summed E-state index contributed by atoms with van der Waals surface area (Å²) in [6.07, 6.45) is 0.566. The van der Waals surface area contributed by atoms with Crippen LogP contribution in [-0.2, 0) is 22.5 Å². The first kappa shape index (κ1) is 9.98. The van der Waals surface area contributed by atoms with Crippen LogP contribution in [0.15, 0.2) is 18.2 Å². The van der Waals surface area contributed by atoms with E-state index in [1.165, 1.54) is 7.11 Å². The Morgan fingerprint density at radius 2 is 2.33 bits per heavy atom. The monoisotopic (exact) mass is 207 g/mol. The molecule has 1 atom stereocenters. The maximum absolute atomic E-state index is 11.3. The van der Waals surface area contributed by atoms with Gasteiger partial charge in [-0.2, -0.15) is 0 Å². The highest BCUT2D eigenvalue weighted by Gasteiger charge is 2.24. The Bertz CT molecular complexity index is 389. The Hall–Kier alpha value is -1.55. The largest absolute Gasteiger partial charge is 0.508 e. The van der Waals surface area contributed by atoms with Gasteiger partial charge in [0.05, 0.1) is 7.11 Å². The molecule has 0 saturated heterocycles. The molecular formula is C11H13NO3. The third-order valence-electron chi connectivity index (χ3n) is 2.64. The molecule has 80 valence electrons. The second kappa shape index (κ2) is 3.90. The van der Waals surface area contributed by atoms with E-state index in [1.54, 1.807) is 12.1 Å². The maximum atomic E-state index is 11.3. The number of nitrogens with one attached hydrogen (secondary N) is 1. The molecule has 0 aliphatic carbocycles. The van der Waals surface area contributed by atoms with E-state index in [4.69, 9.17) is 0 Å². The van der Waals surface area contributed by atoms with Crippen LogP contribution in [0.2, 0.25) is 0 Å². The lowest BCUT2D eigenvalue weighted by atomic mass is 9.95. The summed E-state index contributed by atoms with van der Waals surface area (Å²) in [5.74, 6) is -0.0248. The standard InChI is InChI=1S/C11H13NO3/c1-15-11(14)10-5-8-4-9(13)3-2-7(8)6-12-10/h2-4,10,12-13H,5-6H2,1H3/t10-/m0/s1. The zero-order valence-corrected chi connectivity index (χ0v) is 8.49. The smallest absolute Gasteiger partial charge is 0.323 e. The molecule has 0 saturated carbocycles. The number of phenols is 1. The molecule has 0 bridgehead atoms. The first-order chi connectivity index (χ1) is 7.20. The van der Waals surface area contributed by atoms with Crippen LogP contribution in [0, 0.1) is 0 Å². The summed E-state index contributed by atoms with van der Waals surface area (Å²) in [5.41, 5.74) is 2.12. The number of fused-ring (bicyclic) bond motifs is 1. The van der Waals surface area contributed by atoms with Gasteiger partial charge in [0.2, 0.25) is 0 Å². The highest BCUT2D eigenvalue weighted by molar-refractivity contribution is 5.76. The lowest BCUT2D eigenvalue weighted by molar-refractivity contribution is -0.143. The molecule has 1 aliphatic heterocycles. The number of aromatic hydroxyl groups is 1. The van der Waals surface area contributed by atoms with Crippen LogP contribution in [0.3, 0.4) is 0 Å². The molecule has 2 N–H and O–H groups in total. The molecule has 15 heavy (non-hydrogen) atoms. The van der Waals surface area contributed by atoms with Crippen LogP contribution >= 0.6 is 0 Å². The molecule has 1 aliphatic rings. The minimum atomic E-state index is -0.302. The van der Waals surface area contributed by atoms with Crippen molar-refractivity contribution in [3.63, 3.8) is 0 Å². The van der Waals surface area contributed by atoms with Gasteiger partial charge >= 0.3 is 5.97 Å². The first-order valence-corrected chi connectivity index (χ1v) is 4.82. The molecule has 1 aromatic rings. The molecule has 4 nitrogen and oxygen atoms in total. The molecule has 4 heteroatoms. The van der Waals surface area contributed by atoms with Gasteiger partial charge in [0.15, 0.2) is 0 Å². The van der Waals surface area contributed by atoms with E-state index in [9.17, 15) is 9.90 Å². The van der Waals surface area contributed by atoms with Crippen LogP contribution in [0.4, 0.5) is 0 Å². The molecule has 1 aromatic carbocycles.